The van der Waals surface area contributed by atoms with Crippen molar-refractivity contribution in [2.75, 3.05) is 6.54 Å². The van der Waals surface area contributed by atoms with Gasteiger partial charge in [0.25, 0.3) is 0 Å². The second kappa shape index (κ2) is 4.88. The first-order valence-electron chi connectivity index (χ1n) is 6.32. The standard InChI is InChI=1S/C14H14N2O3S/c17-14-8-12(9-15-14)16-20(18,19)13-6-5-10-3-1-2-4-11(10)7-13/h1-7,12,16H,8-9H2,(H,15,17)/t12-/m1/s1. The van der Waals surface area contributed by atoms with Crippen LogP contribution in [-0.4, -0.2) is 26.9 Å². The van der Waals surface area contributed by atoms with E-state index in [-0.39, 0.29) is 23.3 Å². The molecule has 0 aromatic heterocycles. The summed E-state index contributed by atoms with van der Waals surface area (Å²) in [5.41, 5.74) is 0. The topological polar surface area (TPSA) is 75.3 Å². The molecule has 2 N–H and O–H groups in total. The van der Waals surface area contributed by atoms with Gasteiger partial charge in [0.1, 0.15) is 0 Å². The summed E-state index contributed by atoms with van der Waals surface area (Å²) in [6.45, 7) is 0.339. The van der Waals surface area contributed by atoms with Gasteiger partial charge in [-0.2, -0.15) is 0 Å². The van der Waals surface area contributed by atoms with E-state index in [0.29, 0.717) is 6.54 Å². The predicted octanol–water partition coefficient (Wildman–Crippen LogP) is 1.01. The third-order valence-electron chi connectivity index (χ3n) is 3.33. The lowest BCUT2D eigenvalue weighted by molar-refractivity contribution is -0.119. The Morgan fingerprint density at radius 2 is 1.85 bits per heavy atom. The number of benzene rings is 2. The number of amides is 1. The molecule has 1 atom stereocenters. The molecule has 1 aliphatic rings. The zero-order valence-electron chi connectivity index (χ0n) is 10.7. The van der Waals surface area contributed by atoms with Crippen molar-refractivity contribution in [2.24, 2.45) is 0 Å². The Labute approximate surface area is 117 Å². The van der Waals surface area contributed by atoms with Gasteiger partial charge in [0.05, 0.1) is 4.90 Å². The lowest BCUT2D eigenvalue weighted by Crippen LogP contribution is -2.36. The highest BCUT2D eigenvalue weighted by Crippen LogP contribution is 2.19. The monoisotopic (exact) mass is 290 g/mol. The van der Waals surface area contributed by atoms with Gasteiger partial charge in [0, 0.05) is 19.0 Å². The molecule has 20 heavy (non-hydrogen) atoms. The highest BCUT2D eigenvalue weighted by atomic mass is 32.2. The number of hydrogen-bond acceptors (Lipinski definition) is 3. The fourth-order valence-electron chi connectivity index (χ4n) is 2.31. The van der Waals surface area contributed by atoms with Crippen LogP contribution in [-0.2, 0) is 14.8 Å². The summed E-state index contributed by atoms with van der Waals surface area (Å²) < 4.78 is 27.1. The first-order valence-corrected chi connectivity index (χ1v) is 7.81. The van der Waals surface area contributed by atoms with Crippen molar-refractivity contribution in [1.82, 2.24) is 10.0 Å². The van der Waals surface area contributed by atoms with Crippen LogP contribution in [0.25, 0.3) is 10.8 Å². The zero-order valence-corrected chi connectivity index (χ0v) is 11.5. The van der Waals surface area contributed by atoms with Crippen LogP contribution in [0.5, 0.6) is 0 Å². The second-order valence-electron chi connectivity index (χ2n) is 4.84. The number of nitrogens with one attached hydrogen (secondary N) is 2. The van der Waals surface area contributed by atoms with E-state index in [4.69, 9.17) is 0 Å². The minimum atomic E-state index is -3.60. The molecule has 2 aromatic carbocycles. The summed E-state index contributed by atoms with van der Waals surface area (Å²) >= 11 is 0. The molecule has 1 amide bonds. The molecule has 0 spiro atoms. The Morgan fingerprint density at radius 3 is 2.55 bits per heavy atom. The summed E-state index contributed by atoms with van der Waals surface area (Å²) in [4.78, 5) is 11.3. The van der Waals surface area contributed by atoms with Crippen molar-refractivity contribution in [3.8, 4) is 0 Å². The van der Waals surface area contributed by atoms with Gasteiger partial charge in [0.2, 0.25) is 15.9 Å². The van der Waals surface area contributed by atoms with Crippen LogP contribution in [0.3, 0.4) is 0 Å². The van der Waals surface area contributed by atoms with Gasteiger partial charge in [0.15, 0.2) is 0 Å². The molecule has 0 saturated carbocycles. The van der Waals surface area contributed by atoms with Crippen LogP contribution < -0.4 is 10.0 Å². The number of hydrogen-bond donors (Lipinski definition) is 2. The molecule has 0 bridgehead atoms. The summed E-state index contributed by atoms with van der Waals surface area (Å²) in [7, 11) is -3.60. The van der Waals surface area contributed by atoms with Gasteiger partial charge in [-0.3, -0.25) is 4.79 Å². The minimum Gasteiger partial charge on any atom is -0.354 e. The molecule has 6 heteroatoms. The molecule has 5 nitrogen and oxygen atoms in total. The molecular formula is C14H14N2O3S. The Bertz CT molecular complexity index is 771. The average Bonchev–Trinajstić information content (AvgIpc) is 2.83. The fourth-order valence-corrected chi connectivity index (χ4v) is 3.58. The van der Waals surface area contributed by atoms with Gasteiger partial charge >= 0.3 is 0 Å². The van der Waals surface area contributed by atoms with Crippen molar-refractivity contribution in [1.29, 1.82) is 0 Å². The van der Waals surface area contributed by atoms with E-state index in [1.54, 1.807) is 18.2 Å². The number of carbonyl (C=O) groups excluding carboxylic acids is 1. The number of rotatable bonds is 3. The summed E-state index contributed by atoms with van der Waals surface area (Å²) in [6.07, 6.45) is 0.187. The molecule has 0 aliphatic carbocycles. The first-order chi connectivity index (χ1) is 9.54. The van der Waals surface area contributed by atoms with E-state index in [2.05, 4.69) is 10.0 Å². The Morgan fingerprint density at radius 1 is 1.10 bits per heavy atom. The van der Waals surface area contributed by atoms with Crippen molar-refractivity contribution < 1.29 is 13.2 Å². The molecule has 0 unspecified atom stereocenters. The lowest BCUT2D eigenvalue weighted by atomic mass is 10.1. The largest absolute Gasteiger partial charge is 0.354 e. The van der Waals surface area contributed by atoms with Gasteiger partial charge in [-0.15, -0.1) is 0 Å². The quantitative estimate of drug-likeness (QED) is 0.885. The molecule has 1 saturated heterocycles. The smallest absolute Gasteiger partial charge is 0.240 e. The minimum absolute atomic E-state index is 0.129. The van der Waals surface area contributed by atoms with E-state index in [1.165, 1.54) is 0 Å². The summed E-state index contributed by atoms with van der Waals surface area (Å²) in [5.74, 6) is -0.129. The van der Waals surface area contributed by atoms with Crippen LogP contribution >= 0.6 is 0 Å². The van der Waals surface area contributed by atoms with Crippen LogP contribution in [0.15, 0.2) is 47.4 Å². The van der Waals surface area contributed by atoms with E-state index < -0.39 is 10.0 Å². The second-order valence-corrected chi connectivity index (χ2v) is 6.55. The summed E-state index contributed by atoms with van der Waals surface area (Å²) in [5, 5.41) is 4.47. The molecule has 1 heterocycles. The fraction of sp³-hybridized carbons (Fsp3) is 0.214. The maximum absolute atomic E-state index is 12.3. The van der Waals surface area contributed by atoms with Gasteiger partial charge in [-0.25, -0.2) is 13.1 Å². The molecule has 3 rings (SSSR count). The highest BCUT2D eigenvalue weighted by Gasteiger charge is 2.26. The molecule has 2 aromatic rings. The highest BCUT2D eigenvalue weighted by molar-refractivity contribution is 7.89. The Hall–Kier alpha value is -1.92. The normalized spacial score (nSPS) is 19.2. The van der Waals surface area contributed by atoms with Crippen molar-refractivity contribution in [2.45, 2.75) is 17.4 Å². The lowest BCUT2D eigenvalue weighted by Gasteiger charge is -2.11. The molecule has 1 aliphatic heterocycles. The molecule has 1 fully saturated rings. The number of carbonyl (C=O) groups is 1. The number of fused-ring (bicyclic) bond motifs is 1. The van der Waals surface area contributed by atoms with Crippen molar-refractivity contribution in [3.05, 3.63) is 42.5 Å². The average molecular weight is 290 g/mol. The third kappa shape index (κ3) is 2.52. The Balaban J connectivity index is 1.90. The Kier molecular flexibility index (Phi) is 3.19. The summed E-state index contributed by atoms with van der Waals surface area (Å²) in [6, 6.07) is 12.2. The van der Waals surface area contributed by atoms with Crippen LogP contribution in [0.2, 0.25) is 0 Å². The maximum Gasteiger partial charge on any atom is 0.240 e. The number of sulfonamides is 1. The molecule has 0 radical (unpaired) electrons. The van der Waals surface area contributed by atoms with E-state index in [0.717, 1.165) is 10.8 Å². The van der Waals surface area contributed by atoms with E-state index >= 15 is 0 Å². The van der Waals surface area contributed by atoms with Crippen molar-refractivity contribution >= 4 is 26.7 Å². The molecule has 104 valence electrons. The van der Waals surface area contributed by atoms with Gasteiger partial charge in [-0.1, -0.05) is 30.3 Å². The SMILES string of the molecule is O=C1C[C@@H](NS(=O)(=O)c2ccc3ccccc3c2)CN1. The van der Waals surface area contributed by atoms with E-state index in [1.807, 2.05) is 24.3 Å². The van der Waals surface area contributed by atoms with Crippen molar-refractivity contribution in [3.63, 3.8) is 0 Å². The maximum atomic E-state index is 12.3. The predicted molar refractivity (Wildman–Crippen MR) is 75.7 cm³/mol. The first kappa shape index (κ1) is 13.1. The van der Waals surface area contributed by atoms with Crippen LogP contribution in [0.4, 0.5) is 0 Å². The van der Waals surface area contributed by atoms with E-state index in [9.17, 15) is 13.2 Å². The van der Waals surface area contributed by atoms with Crippen LogP contribution in [0.1, 0.15) is 6.42 Å². The van der Waals surface area contributed by atoms with Gasteiger partial charge in [-0.05, 0) is 22.9 Å². The third-order valence-corrected chi connectivity index (χ3v) is 4.85. The zero-order chi connectivity index (χ0) is 14.2. The van der Waals surface area contributed by atoms with Crippen LogP contribution in [0, 0.1) is 0 Å². The molecular weight excluding hydrogens is 276 g/mol. The van der Waals surface area contributed by atoms with Gasteiger partial charge < -0.3 is 5.32 Å².